The predicted molar refractivity (Wildman–Crippen MR) is 686 cm³/mol. The molecule has 0 spiro atoms. The summed E-state index contributed by atoms with van der Waals surface area (Å²) in [5, 5.41) is 16.7. The van der Waals surface area contributed by atoms with Gasteiger partial charge in [-0.15, -0.1) is 11.3 Å². The lowest BCUT2D eigenvalue weighted by atomic mass is 10.1. The number of hydrogen-bond acceptors (Lipinski definition) is 11. The van der Waals surface area contributed by atoms with Gasteiger partial charge in [-0.1, -0.05) is 586 Å². The van der Waals surface area contributed by atoms with E-state index in [-0.39, 0.29) is 0 Å². The van der Waals surface area contributed by atoms with Crippen LogP contribution in [0.3, 0.4) is 0 Å². The third-order valence-electron chi connectivity index (χ3n) is 17.7. The highest BCUT2D eigenvalue weighted by molar-refractivity contribution is 7.07. The largest absolute Gasteiger partial charge is 0.473 e. The maximum absolute atomic E-state index is 5.12. The van der Waals surface area contributed by atoms with Gasteiger partial charge in [-0.2, -0.15) is 16.4 Å². The third-order valence-corrected chi connectivity index (χ3v) is 18.9. The third kappa shape index (κ3) is 270. The molecule has 14 heteroatoms. The van der Waals surface area contributed by atoms with Crippen LogP contribution in [-0.4, -0.2) is 48.4 Å². The van der Waals surface area contributed by atoms with E-state index in [1.807, 2.05) is 240 Å². The Morgan fingerprint density at radius 3 is 0.726 bits per heavy atom. The van der Waals surface area contributed by atoms with Crippen molar-refractivity contribution in [2.75, 3.05) is 13.1 Å². The summed E-state index contributed by atoms with van der Waals surface area (Å²) < 4.78 is 14.0. The molecule has 1 saturated heterocycles. The summed E-state index contributed by atoms with van der Waals surface area (Å²) in [4.78, 5) is 13.0. The number of imidazole rings is 1. The molecule has 1 aliphatic carbocycles. The fraction of sp³-hybridized carbons (Fsp3) is 0.742. The summed E-state index contributed by atoms with van der Waals surface area (Å²) >= 11 is 3.31. The van der Waals surface area contributed by atoms with E-state index in [4.69, 9.17) is 4.42 Å². The zero-order valence-corrected chi connectivity index (χ0v) is 110. The number of nitrogens with one attached hydrogen (secondary N) is 5. The Hall–Kier alpha value is -6.06. The number of H-pyrrole nitrogens is 3. The number of aromatic nitrogens is 7. The molecule has 8 aromatic heterocycles. The Bertz CT molecular complexity index is 2290. The van der Waals surface area contributed by atoms with Crippen LogP contribution in [0.25, 0.3) is 11.0 Å². The van der Waals surface area contributed by atoms with Crippen molar-refractivity contribution in [1.82, 2.24) is 46.1 Å². The predicted octanol–water partition coefficient (Wildman–Crippen LogP) is 49.7. The van der Waals surface area contributed by atoms with Crippen molar-refractivity contribution in [1.29, 1.82) is 0 Å². The number of thiophene rings is 1. The minimum absolute atomic E-state index is 0.903. The van der Waals surface area contributed by atoms with Gasteiger partial charge in [-0.05, 0) is 157 Å². The molecule has 9 aromatic rings. The Morgan fingerprint density at radius 1 is 0.281 bits per heavy atom. The van der Waals surface area contributed by atoms with Gasteiger partial charge in [0.2, 0.25) is 0 Å². The number of allylic oxidation sites excluding steroid dienone is 2. The summed E-state index contributed by atoms with van der Waals surface area (Å²) in [6.45, 7) is 110. The second-order valence-electron chi connectivity index (χ2n) is 36.0. The lowest BCUT2D eigenvalue weighted by Gasteiger charge is -2.10. The summed E-state index contributed by atoms with van der Waals surface area (Å²) in [7, 11) is 0. The summed E-state index contributed by atoms with van der Waals surface area (Å²) in [5.41, 5.74) is 8.82. The highest BCUT2D eigenvalue weighted by Crippen LogP contribution is 2.15. The minimum atomic E-state index is 0.903. The van der Waals surface area contributed by atoms with Crippen LogP contribution in [-0.2, 0) is 0 Å². The van der Waals surface area contributed by atoms with Crippen LogP contribution in [0, 0.1) is 59.2 Å². The number of unbranched alkanes of at least 4 members (excludes halogenated alkanes) is 10. The second-order valence-corrected chi connectivity index (χ2v) is 37.6. The number of aromatic amines is 3. The molecule has 1 aliphatic heterocycles. The van der Waals surface area contributed by atoms with E-state index in [0.717, 1.165) is 83.2 Å². The van der Waals surface area contributed by atoms with Gasteiger partial charge >= 0.3 is 0 Å². The fourth-order valence-electron chi connectivity index (χ4n) is 9.91. The van der Waals surface area contributed by atoms with Gasteiger partial charge in [0.05, 0.1) is 36.8 Å². The number of hydrogen-bond donors (Lipinski definition) is 5. The van der Waals surface area contributed by atoms with Crippen molar-refractivity contribution in [3.63, 3.8) is 0 Å². The molecule has 0 saturated carbocycles. The topological polar surface area (TPSA) is 162 Å². The summed E-state index contributed by atoms with van der Waals surface area (Å²) in [5.74, 6) is 9.03. The first kappa shape index (κ1) is 185. The van der Waals surface area contributed by atoms with Gasteiger partial charge < -0.3 is 23.3 Å². The molecular weight excluding hydrogens is 1820 g/mol. The smallest absolute Gasteiger partial charge is 0.133 e. The van der Waals surface area contributed by atoms with E-state index in [9.17, 15) is 0 Å². The highest BCUT2D eigenvalue weighted by Gasteiger charge is 1.97. The number of benzene rings is 1. The first-order valence-electron chi connectivity index (χ1n) is 60.7. The zero-order valence-electron chi connectivity index (χ0n) is 108. The first-order chi connectivity index (χ1) is 70.7. The van der Waals surface area contributed by atoms with Gasteiger partial charge in [0.15, 0.2) is 0 Å². The van der Waals surface area contributed by atoms with Crippen LogP contribution in [0.5, 0.6) is 0 Å². The number of nitrogens with zero attached hydrogens (tertiary/aromatic N) is 4. The number of fused-ring (bicyclic) bond motifs is 1. The van der Waals surface area contributed by atoms with E-state index in [1.165, 1.54) is 237 Å². The van der Waals surface area contributed by atoms with Crippen LogP contribution >= 0.6 is 22.7 Å². The Kier molecular flexibility index (Phi) is 258. The van der Waals surface area contributed by atoms with Gasteiger partial charge in [0, 0.05) is 67.2 Å². The van der Waals surface area contributed by atoms with Crippen LogP contribution in [0.15, 0.2) is 207 Å². The molecule has 0 unspecified atom stereocenters. The molecule has 1 fully saturated rings. The van der Waals surface area contributed by atoms with Crippen LogP contribution in [0.4, 0.5) is 0 Å². The molecule has 5 N–H and O–H groups in total. The van der Waals surface area contributed by atoms with Gasteiger partial charge in [-0.25, -0.2) is 4.98 Å². The molecule has 12 nitrogen and oxygen atoms in total. The maximum atomic E-state index is 5.12. The van der Waals surface area contributed by atoms with Crippen molar-refractivity contribution in [2.45, 2.75) is 577 Å². The van der Waals surface area contributed by atoms with E-state index in [1.54, 1.807) is 96.5 Å². The van der Waals surface area contributed by atoms with E-state index in [0.29, 0.717) is 0 Å². The van der Waals surface area contributed by atoms with Crippen LogP contribution < -0.4 is 10.9 Å². The lowest BCUT2D eigenvalue weighted by molar-refractivity contribution is 0.420. The van der Waals surface area contributed by atoms with Gasteiger partial charge in [0.25, 0.3) is 0 Å². The average molecular weight is 2100 g/mol. The molecule has 146 heavy (non-hydrogen) atoms. The molecule has 0 bridgehead atoms. The van der Waals surface area contributed by atoms with Crippen molar-refractivity contribution in [2.24, 2.45) is 59.2 Å². The normalized spacial score (nSPS) is 9.75. The highest BCUT2D eigenvalue weighted by atomic mass is 32.1. The standard InChI is InChI=1S/C8H6O.10C7H16.C6H10.C4H10N2.C4H5N.C4H4O.C4H4S.2C3H4N2.C3H3NO.C3H3NS.10C2H6/c1-2-4-8-7(3-1)5-6-9-8;10*1-4-5-6-7(2)3;2*1-2-4-6-5-3-1;3*1-2-4-5-3-1;1-2-5-3-4-1;2*1-2-4-5-3-1;1-2-5-3-4-1;10*1-2/h1-6H;10*7H,4-6H2,1-3H3;1-2H,3-6H2;5-6H,1-4H2;1-5H;2*1-4H;2*1-3H,(H,4,5);2*1-3H;10*1-2H3. The lowest BCUT2D eigenvalue weighted by Crippen LogP contribution is -2.37. The average Bonchev–Trinajstić information content (AvgIpc) is 1.74. The van der Waals surface area contributed by atoms with Crippen LogP contribution in [0.1, 0.15) is 577 Å². The molecule has 9 heterocycles. The number of furan rings is 2. The molecule has 2 aliphatic rings. The monoisotopic (exact) mass is 2100 g/mol. The first-order valence-corrected chi connectivity index (χ1v) is 62.6. The zero-order chi connectivity index (χ0) is 116. The van der Waals surface area contributed by atoms with E-state index >= 15 is 0 Å². The molecule has 1 aromatic carbocycles. The molecule has 0 radical (unpaired) electrons. The Morgan fingerprint density at radius 2 is 0.603 bits per heavy atom. The Labute approximate surface area is 930 Å². The minimum Gasteiger partial charge on any atom is -0.473 e. The van der Waals surface area contributed by atoms with Crippen molar-refractivity contribution < 1.29 is 13.4 Å². The maximum Gasteiger partial charge on any atom is 0.133 e. The molecule has 0 atom stereocenters. The molecular formula is C132H273N9O3S2. The summed E-state index contributed by atoms with van der Waals surface area (Å²) in [6, 6.07) is 25.0. The number of rotatable bonds is 30. The quantitative estimate of drug-likeness (QED) is 0.0276. The SMILES string of the molecule is C1=CCCCC1.C1CCNNC1.CC.CC.CC.CC.CC.CC.CC.CC.CC.CC.CCCCC(C)C.CCCCC(C)C.CCCCC(C)C.CCCCC(C)C.CCCCC(C)C.CCCCC(C)C.CCCCC(C)C.CCCCC(C)C.CCCCC(C)C.CCCCC(C)C.c1c[nH]cn1.c1cc[nH]c1.c1ccc2occc2c1.c1ccoc1.c1ccsc1.c1cn[nH]c1.c1cnoc1.c1cscn1. The summed E-state index contributed by atoms with van der Waals surface area (Å²) in [6.07, 6.45) is 76.2. The number of para-hydroxylation sites is 1. The van der Waals surface area contributed by atoms with E-state index in [2.05, 4.69) is 275 Å². The Balaban J connectivity index is -0.0000000678. The van der Waals surface area contributed by atoms with Gasteiger partial charge in [0.1, 0.15) is 11.8 Å². The molecule has 11 rings (SSSR count). The van der Waals surface area contributed by atoms with Crippen molar-refractivity contribution >= 4 is 33.6 Å². The fourth-order valence-corrected chi connectivity index (χ4v) is 10.7. The van der Waals surface area contributed by atoms with Crippen LogP contribution in [0.2, 0.25) is 0 Å². The number of thiazole rings is 1. The van der Waals surface area contributed by atoms with Crippen molar-refractivity contribution in [3.05, 3.63) is 194 Å². The second kappa shape index (κ2) is 204. The van der Waals surface area contributed by atoms with Crippen molar-refractivity contribution in [3.8, 4) is 0 Å². The van der Waals surface area contributed by atoms with Gasteiger partial charge in [-0.3, -0.25) is 20.9 Å². The number of hydrazine groups is 1. The molecule has 876 valence electrons. The van der Waals surface area contributed by atoms with E-state index < -0.39 is 0 Å². The molecule has 0 amide bonds.